The Morgan fingerprint density at radius 1 is 1.44 bits per heavy atom. The Bertz CT molecular complexity index is 416. The predicted octanol–water partition coefficient (Wildman–Crippen LogP) is 3.24. The van der Waals surface area contributed by atoms with E-state index in [1.165, 1.54) is 6.07 Å². The van der Waals surface area contributed by atoms with Crippen molar-refractivity contribution in [2.75, 3.05) is 0 Å². The van der Waals surface area contributed by atoms with Gasteiger partial charge in [0.05, 0.1) is 5.02 Å². The fraction of sp³-hybridized carbons (Fsp3) is 0.364. The molecule has 86 valence electrons. The highest BCUT2D eigenvalue weighted by molar-refractivity contribution is 6.35. The third kappa shape index (κ3) is 2.60. The van der Waals surface area contributed by atoms with Crippen molar-refractivity contribution < 1.29 is 14.6 Å². The second-order valence-corrected chi connectivity index (χ2v) is 4.63. The van der Waals surface area contributed by atoms with E-state index >= 15 is 0 Å². The highest BCUT2D eigenvalue weighted by Gasteiger charge is 2.38. The van der Waals surface area contributed by atoms with Gasteiger partial charge in [0, 0.05) is 10.9 Å². The van der Waals surface area contributed by atoms with E-state index in [0.29, 0.717) is 15.8 Å². The molecule has 0 radical (unpaired) electrons. The van der Waals surface area contributed by atoms with Gasteiger partial charge in [0.15, 0.2) is 6.10 Å². The summed E-state index contributed by atoms with van der Waals surface area (Å²) in [4.78, 5) is 11.0. The summed E-state index contributed by atoms with van der Waals surface area (Å²) in [5, 5.41) is 9.83. The van der Waals surface area contributed by atoms with Crippen molar-refractivity contribution in [3.8, 4) is 5.75 Å². The SMILES string of the molecule is O=C(O)C(Oc1ccc(Cl)cc1Cl)C1CC1. The molecule has 1 aromatic carbocycles. The fourth-order valence-corrected chi connectivity index (χ4v) is 1.91. The van der Waals surface area contributed by atoms with E-state index in [4.69, 9.17) is 33.0 Å². The van der Waals surface area contributed by atoms with Crippen LogP contribution in [0, 0.1) is 5.92 Å². The van der Waals surface area contributed by atoms with Crippen LogP contribution in [0.3, 0.4) is 0 Å². The van der Waals surface area contributed by atoms with Crippen molar-refractivity contribution in [2.24, 2.45) is 5.92 Å². The molecule has 1 unspecified atom stereocenters. The molecule has 16 heavy (non-hydrogen) atoms. The lowest BCUT2D eigenvalue weighted by atomic mass is 10.2. The summed E-state index contributed by atoms with van der Waals surface area (Å²) in [6, 6.07) is 4.74. The van der Waals surface area contributed by atoms with Gasteiger partial charge in [-0.25, -0.2) is 4.79 Å². The zero-order chi connectivity index (χ0) is 11.7. The zero-order valence-electron chi connectivity index (χ0n) is 8.32. The van der Waals surface area contributed by atoms with Gasteiger partial charge in [-0.15, -0.1) is 0 Å². The number of benzene rings is 1. The van der Waals surface area contributed by atoms with Crippen LogP contribution in [-0.4, -0.2) is 17.2 Å². The molecular formula is C11H10Cl2O3. The van der Waals surface area contributed by atoms with Crippen molar-refractivity contribution in [2.45, 2.75) is 18.9 Å². The molecule has 0 bridgehead atoms. The number of halogens is 2. The van der Waals surface area contributed by atoms with E-state index in [9.17, 15) is 4.79 Å². The van der Waals surface area contributed by atoms with Crippen LogP contribution in [0.25, 0.3) is 0 Å². The first-order valence-corrected chi connectivity index (χ1v) is 5.68. The van der Waals surface area contributed by atoms with Gasteiger partial charge in [-0.1, -0.05) is 23.2 Å². The molecule has 1 fully saturated rings. The topological polar surface area (TPSA) is 46.5 Å². The van der Waals surface area contributed by atoms with Crippen molar-refractivity contribution in [3.63, 3.8) is 0 Å². The number of ether oxygens (including phenoxy) is 1. The predicted molar refractivity (Wildman–Crippen MR) is 61.2 cm³/mol. The number of carbonyl (C=O) groups is 1. The number of aliphatic carboxylic acids is 1. The first kappa shape index (κ1) is 11.6. The highest BCUT2D eigenvalue weighted by atomic mass is 35.5. The van der Waals surface area contributed by atoms with Crippen molar-refractivity contribution in [1.82, 2.24) is 0 Å². The summed E-state index contributed by atoms with van der Waals surface area (Å²) in [7, 11) is 0. The molecule has 0 heterocycles. The molecule has 0 aromatic heterocycles. The van der Waals surface area contributed by atoms with Gasteiger partial charge in [0.1, 0.15) is 5.75 Å². The molecule has 1 aliphatic carbocycles. The van der Waals surface area contributed by atoms with E-state index in [1.807, 2.05) is 0 Å². The Kier molecular flexibility index (Phi) is 3.26. The minimum atomic E-state index is -0.950. The highest BCUT2D eigenvalue weighted by Crippen LogP contribution is 2.37. The quantitative estimate of drug-likeness (QED) is 0.904. The monoisotopic (exact) mass is 260 g/mol. The summed E-state index contributed by atoms with van der Waals surface area (Å²) < 4.78 is 5.40. The summed E-state index contributed by atoms with van der Waals surface area (Å²) in [5.74, 6) is -0.483. The summed E-state index contributed by atoms with van der Waals surface area (Å²) in [6.07, 6.45) is 0.975. The van der Waals surface area contributed by atoms with Gasteiger partial charge < -0.3 is 9.84 Å². The van der Waals surface area contributed by atoms with Crippen LogP contribution in [0.1, 0.15) is 12.8 Å². The average molecular weight is 261 g/mol. The summed E-state index contributed by atoms with van der Waals surface area (Å²) in [6.45, 7) is 0. The molecule has 1 aromatic rings. The smallest absolute Gasteiger partial charge is 0.345 e. The molecule has 1 saturated carbocycles. The molecule has 0 spiro atoms. The average Bonchev–Trinajstić information content (AvgIpc) is 2.99. The third-order valence-corrected chi connectivity index (χ3v) is 2.97. The molecular weight excluding hydrogens is 251 g/mol. The minimum Gasteiger partial charge on any atom is -0.478 e. The zero-order valence-corrected chi connectivity index (χ0v) is 9.83. The Balaban J connectivity index is 2.15. The fourth-order valence-electron chi connectivity index (χ4n) is 1.45. The maximum Gasteiger partial charge on any atom is 0.345 e. The van der Waals surface area contributed by atoms with Crippen LogP contribution in [0.15, 0.2) is 18.2 Å². The third-order valence-electron chi connectivity index (χ3n) is 2.44. The maximum absolute atomic E-state index is 11.0. The van der Waals surface area contributed by atoms with Crippen LogP contribution in [0.4, 0.5) is 0 Å². The van der Waals surface area contributed by atoms with Gasteiger partial charge in [0.25, 0.3) is 0 Å². The molecule has 1 aliphatic rings. The van der Waals surface area contributed by atoms with Crippen LogP contribution in [-0.2, 0) is 4.79 Å². The maximum atomic E-state index is 11.0. The Morgan fingerprint density at radius 2 is 2.12 bits per heavy atom. The van der Waals surface area contributed by atoms with Crippen LogP contribution in [0.5, 0.6) is 5.75 Å². The molecule has 1 N–H and O–H groups in total. The normalized spacial score (nSPS) is 16.9. The van der Waals surface area contributed by atoms with Gasteiger partial charge in [-0.05, 0) is 31.0 Å². The van der Waals surface area contributed by atoms with E-state index in [0.717, 1.165) is 12.8 Å². The minimum absolute atomic E-state index is 0.101. The van der Waals surface area contributed by atoms with Gasteiger partial charge >= 0.3 is 5.97 Å². The standard InChI is InChI=1S/C11H10Cl2O3/c12-7-3-4-9(8(13)5-7)16-10(11(14)15)6-1-2-6/h3-6,10H,1-2H2,(H,14,15). The first-order chi connectivity index (χ1) is 7.58. The van der Waals surface area contributed by atoms with E-state index in [-0.39, 0.29) is 5.92 Å². The second kappa shape index (κ2) is 4.52. The lowest BCUT2D eigenvalue weighted by Crippen LogP contribution is -2.29. The Hall–Kier alpha value is -0.930. The van der Waals surface area contributed by atoms with E-state index < -0.39 is 12.1 Å². The van der Waals surface area contributed by atoms with Gasteiger partial charge in [0.2, 0.25) is 0 Å². The first-order valence-electron chi connectivity index (χ1n) is 4.92. The van der Waals surface area contributed by atoms with Crippen molar-refractivity contribution >= 4 is 29.2 Å². The molecule has 5 heteroatoms. The van der Waals surface area contributed by atoms with E-state index in [1.54, 1.807) is 12.1 Å². The lowest BCUT2D eigenvalue weighted by Gasteiger charge is -2.15. The molecule has 0 amide bonds. The summed E-state index contributed by atoms with van der Waals surface area (Å²) in [5.41, 5.74) is 0. The van der Waals surface area contributed by atoms with Crippen LogP contribution < -0.4 is 4.74 Å². The van der Waals surface area contributed by atoms with Crippen molar-refractivity contribution in [3.05, 3.63) is 28.2 Å². The number of hydrogen-bond donors (Lipinski definition) is 1. The largest absolute Gasteiger partial charge is 0.478 e. The molecule has 0 saturated heterocycles. The molecule has 0 aliphatic heterocycles. The number of hydrogen-bond acceptors (Lipinski definition) is 2. The lowest BCUT2D eigenvalue weighted by molar-refractivity contribution is -0.146. The van der Waals surface area contributed by atoms with Crippen LogP contribution >= 0.6 is 23.2 Å². The Labute approximate surface area is 103 Å². The second-order valence-electron chi connectivity index (χ2n) is 3.79. The Morgan fingerprint density at radius 3 is 2.62 bits per heavy atom. The van der Waals surface area contributed by atoms with Gasteiger partial charge in [-0.2, -0.15) is 0 Å². The number of carboxylic acids is 1. The van der Waals surface area contributed by atoms with Crippen molar-refractivity contribution in [1.29, 1.82) is 0 Å². The van der Waals surface area contributed by atoms with Gasteiger partial charge in [-0.3, -0.25) is 0 Å². The summed E-state index contributed by atoms with van der Waals surface area (Å²) >= 11 is 11.6. The molecule has 3 nitrogen and oxygen atoms in total. The number of rotatable bonds is 4. The number of carboxylic acid groups (broad SMARTS) is 1. The van der Waals surface area contributed by atoms with E-state index in [2.05, 4.69) is 0 Å². The molecule has 2 rings (SSSR count). The van der Waals surface area contributed by atoms with Crippen LogP contribution in [0.2, 0.25) is 10.0 Å². The molecule has 1 atom stereocenters.